The van der Waals surface area contributed by atoms with Gasteiger partial charge in [-0.25, -0.2) is 8.42 Å². The second kappa shape index (κ2) is 8.05. The third-order valence-corrected chi connectivity index (χ3v) is 6.25. The third kappa shape index (κ3) is 4.19. The number of aryl methyl sites for hydroxylation is 1. The zero-order valence-corrected chi connectivity index (χ0v) is 15.9. The zero-order chi connectivity index (χ0) is 20.3. The number of rotatable bonds is 5. The highest BCUT2D eigenvalue weighted by atomic mass is 32.2. The van der Waals surface area contributed by atoms with E-state index in [0.29, 0.717) is 18.9 Å². The molecule has 0 amide bonds. The molecule has 28 heavy (non-hydrogen) atoms. The van der Waals surface area contributed by atoms with Crippen LogP contribution in [0.3, 0.4) is 0 Å². The standard InChI is InChI=1S/C18H19N3O6S/c1-13-2-4-16(28(25,26)20-6-8-27-9-7-20)11-17(13)19-12-14-10-15(21(23)24)3-5-18(14)22/h2-5,10-12,22H,6-9H2,1H3. The molecule has 2 aromatic carbocycles. The van der Waals surface area contributed by atoms with Crippen molar-refractivity contribution in [3.63, 3.8) is 0 Å². The van der Waals surface area contributed by atoms with E-state index >= 15 is 0 Å². The fraction of sp³-hybridized carbons (Fsp3) is 0.278. The maximum Gasteiger partial charge on any atom is 0.270 e. The number of nitrogens with zero attached hydrogens (tertiary/aromatic N) is 3. The summed E-state index contributed by atoms with van der Waals surface area (Å²) in [4.78, 5) is 14.7. The second-order valence-corrected chi connectivity index (χ2v) is 8.16. The molecule has 0 radical (unpaired) electrons. The fourth-order valence-corrected chi connectivity index (χ4v) is 4.15. The number of sulfonamides is 1. The number of ether oxygens (including phenoxy) is 1. The van der Waals surface area contributed by atoms with Gasteiger partial charge in [-0.1, -0.05) is 6.07 Å². The number of aromatic hydroxyl groups is 1. The minimum atomic E-state index is -3.67. The molecular weight excluding hydrogens is 386 g/mol. The van der Waals surface area contributed by atoms with Gasteiger partial charge in [0.1, 0.15) is 5.75 Å². The van der Waals surface area contributed by atoms with Crippen molar-refractivity contribution in [3.8, 4) is 5.75 Å². The van der Waals surface area contributed by atoms with E-state index in [0.717, 1.165) is 5.56 Å². The minimum absolute atomic E-state index is 0.107. The van der Waals surface area contributed by atoms with E-state index in [1.165, 1.54) is 40.9 Å². The van der Waals surface area contributed by atoms with Gasteiger partial charge >= 0.3 is 0 Å². The van der Waals surface area contributed by atoms with Gasteiger partial charge in [-0.05, 0) is 30.7 Å². The van der Waals surface area contributed by atoms with E-state index in [-0.39, 0.29) is 35.0 Å². The number of aliphatic imine (C=N–C) groups is 1. The molecule has 2 aromatic rings. The highest BCUT2D eigenvalue weighted by Crippen LogP contribution is 2.27. The van der Waals surface area contributed by atoms with Crippen LogP contribution in [0.15, 0.2) is 46.3 Å². The van der Waals surface area contributed by atoms with Gasteiger partial charge < -0.3 is 9.84 Å². The molecule has 0 saturated carbocycles. The number of non-ortho nitro benzene ring substituents is 1. The lowest BCUT2D eigenvalue weighted by molar-refractivity contribution is -0.384. The topological polar surface area (TPSA) is 122 Å². The summed E-state index contributed by atoms with van der Waals surface area (Å²) in [5.41, 5.74) is 1.09. The van der Waals surface area contributed by atoms with Crippen LogP contribution in [0.2, 0.25) is 0 Å². The maximum absolute atomic E-state index is 12.8. The van der Waals surface area contributed by atoms with Crippen LogP contribution >= 0.6 is 0 Å². The molecule has 1 saturated heterocycles. The highest BCUT2D eigenvalue weighted by molar-refractivity contribution is 7.89. The maximum atomic E-state index is 12.8. The molecule has 0 unspecified atom stereocenters. The van der Waals surface area contributed by atoms with Crippen LogP contribution in [0.1, 0.15) is 11.1 Å². The number of phenolic OH excluding ortho intramolecular Hbond substituents is 1. The van der Waals surface area contributed by atoms with Crippen LogP contribution < -0.4 is 0 Å². The largest absolute Gasteiger partial charge is 0.507 e. The summed E-state index contributed by atoms with van der Waals surface area (Å²) in [6, 6.07) is 8.21. The van der Waals surface area contributed by atoms with Gasteiger partial charge in [0.05, 0.1) is 28.7 Å². The van der Waals surface area contributed by atoms with Gasteiger partial charge in [0.25, 0.3) is 5.69 Å². The summed E-state index contributed by atoms with van der Waals surface area (Å²) in [6.45, 7) is 3.04. The third-order valence-electron chi connectivity index (χ3n) is 4.35. The van der Waals surface area contributed by atoms with Crippen molar-refractivity contribution >= 4 is 27.6 Å². The number of hydrogen-bond acceptors (Lipinski definition) is 7. The summed E-state index contributed by atoms with van der Waals surface area (Å²) in [5, 5.41) is 20.8. The monoisotopic (exact) mass is 405 g/mol. The van der Waals surface area contributed by atoms with Gasteiger partial charge in [0, 0.05) is 37.0 Å². The molecule has 0 spiro atoms. The molecule has 1 fully saturated rings. The van der Waals surface area contributed by atoms with Crippen LogP contribution in [-0.4, -0.2) is 55.3 Å². The Bertz CT molecular complexity index is 1030. The Hall–Kier alpha value is -2.82. The molecule has 1 aliphatic heterocycles. The molecule has 0 atom stereocenters. The lowest BCUT2D eigenvalue weighted by Crippen LogP contribution is -2.40. The molecular formula is C18H19N3O6S. The van der Waals surface area contributed by atoms with Crippen molar-refractivity contribution < 1.29 is 23.2 Å². The Kier molecular flexibility index (Phi) is 5.73. The Morgan fingerprint density at radius 1 is 1.21 bits per heavy atom. The van der Waals surface area contributed by atoms with Crippen molar-refractivity contribution in [2.45, 2.75) is 11.8 Å². The predicted octanol–water partition coefficient (Wildman–Crippen LogP) is 2.38. The normalized spacial score (nSPS) is 15.8. The van der Waals surface area contributed by atoms with E-state index in [4.69, 9.17) is 4.74 Å². The minimum Gasteiger partial charge on any atom is -0.507 e. The molecule has 1 aliphatic rings. The molecule has 0 bridgehead atoms. The second-order valence-electron chi connectivity index (χ2n) is 6.22. The van der Waals surface area contributed by atoms with E-state index in [1.807, 2.05) is 0 Å². The first kappa shape index (κ1) is 19.9. The number of morpholine rings is 1. The molecule has 0 aromatic heterocycles. The average Bonchev–Trinajstić information content (AvgIpc) is 2.68. The summed E-state index contributed by atoms with van der Waals surface area (Å²) < 4.78 is 32.2. The smallest absolute Gasteiger partial charge is 0.270 e. The van der Waals surface area contributed by atoms with Gasteiger partial charge in [0.2, 0.25) is 10.0 Å². The molecule has 0 aliphatic carbocycles. The van der Waals surface area contributed by atoms with Gasteiger partial charge in [-0.15, -0.1) is 0 Å². The SMILES string of the molecule is Cc1ccc(S(=O)(=O)N2CCOCC2)cc1N=Cc1cc([N+](=O)[O-])ccc1O. The molecule has 148 valence electrons. The Labute approximate surface area is 162 Å². The van der Waals surface area contributed by atoms with Crippen molar-refractivity contribution in [2.24, 2.45) is 4.99 Å². The molecule has 3 rings (SSSR count). The van der Waals surface area contributed by atoms with Gasteiger partial charge in [-0.3, -0.25) is 15.1 Å². The summed E-state index contributed by atoms with van der Waals surface area (Å²) in [6.07, 6.45) is 1.27. The van der Waals surface area contributed by atoms with E-state index in [9.17, 15) is 23.6 Å². The molecule has 1 heterocycles. The van der Waals surface area contributed by atoms with E-state index in [1.54, 1.807) is 13.0 Å². The van der Waals surface area contributed by atoms with Gasteiger partial charge in [-0.2, -0.15) is 4.31 Å². The van der Waals surface area contributed by atoms with Crippen LogP contribution in [-0.2, 0) is 14.8 Å². The molecule has 1 N–H and O–H groups in total. The Balaban J connectivity index is 1.93. The fourth-order valence-electron chi connectivity index (χ4n) is 2.72. The average molecular weight is 405 g/mol. The molecule has 10 heteroatoms. The van der Waals surface area contributed by atoms with E-state index < -0.39 is 14.9 Å². The number of benzene rings is 2. The summed E-state index contributed by atoms with van der Waals surface area (Å²) >= 11 is 0. The van der Waals surface area contributed by atoms with Crippen LogP contribution in [0.25, 0.3) is 0 Å². The predicted molar refractivity (Wildman–Crippen MR) is 103 cm³/mol. The lowest BCUT2D eigenvalue weighted by Gasteiger charge is -2.26. The van der Waals surface area contributed by atoms with Crippen LogP contribution in [0.4, 0.5) is 11.4 Å². The first-order valence-corrected chi connectivity index (χ1v) is 9.93. The van der Waals surface area contributed by atoms with Gasteiger partial charge in [0.15, 0.2) is 0 Å². The first-order valence-electron chi connectivity index (χ1n) is 8.49. The lowest BCUT2D eigenvalue weighted by atomic mass is 10.2. The van der Waals surface area contributed by atoms with E-state index in [2.05, 4.69) is 4.99 Å². The Morgan fingerprint density at radius 3 is 2.61 bits per heavy atom. The molecule has 9 nitrogen and oxygen atoms in total. The number of nitro benzene ring substituents is 1. The van der Waals surface area contributed by atoms with Crippen molar-refractivity contribution in [2.75, 3.05) is 26.3 Å². The van der Waals surface area contributed by atoms with Crippen molar-refractivity contribution in [1.82, 2.24) is 4.31 Å². The van der Waals surface area contributed by atoms with Crippen LogP contribution in [0, 0.1) is 17.0 Å². The van der Waals surface area contributed by atoms with Crippen molar-refractivity contribution in [1.29, 1.82) is 0 Å². The van der Waals surface area contributed by atoms with Crippen LogP contribution in [0.5, 0.6) is 5.75 Å². The number of phenols is 1. The summed E-state index contributed by atoms with van der Waals surface area (Å²) in [5.74, 6) is -0.163. The zero-order valence-electron chi connectivity index (χ0n) is 15.1. The number of nitro groups is 1. The Morgan fingerprint density at radius 2 is 1.93 bits per heavy atom. The highest BCUT2D eigenvalue weighted by Gasteiger charge is 2.26. The quantitative estimate of drug-likeness (QED) is 0.463. The number of hydrogen-bond donors (Lipinski definition) is 1. The summed E-state index contributed by atoms with van der Waals surface area (Å²) in [7, 11) is -3.67. The van der Waals surface area contributed by atoms with Crippen molar-refractivity contribution in [3.05, 3.63) is 57.6 Å². The first-order chi connectivity index (χ1) is 13.3.